The second-order valence-electron chi connectivity index (χ2n) is 6.04. The monoisotopic (exact) mass is 389 g/mol. The Hall–Kier alpha value is -2.61. The number of hydrogen-bond donors (Lipinski definition) is 0. The largest absolute Gasteiger partial charge is 0.496 e. The maximum absolute atomic E-state index is 12.8. The standard InChI is InChI=1S/C19H23N3O4S/c1-5-14-18(27-21-20-14)19(23)22-8-6-12(7-9-22)17-15(25-3)10-13(24-2)11-16(17)26-4/h6,10-11H,5,7-9H2,1-4H3. The third kappa shape index (κ3) is 3.75. The number of benzene rings is 1. The molecule has 0 saturated heterocycles. The van der Waals surface area contributed by atoms with Crippen LogP contribution < -0.4 is 14.2 Å². The summed E-state index contributed by atoms with van der Waals surface area (Å²) in [5.74, 6) is 2.05. The molecule has 0 bridgehead atoms. The Morgan fingerprint density at radius 1 is 1.19 bits per heavy atom. The number of aromatic nitrogens is 2. The van der Waals surface area contributed by atoms with Crippen LogP contribution in [0.15, 0.2) is 18.2 Å². The molecule has 144 valence electrons. The first kappa shape index (κ1) is 19.2. The van der Waals surface area contributed by atoms with Crippen LogP contribution in [0.1, 0.15) is 34.3 Å². The molecule has 1 aliphatic heterocycles. The molecule has 3 rings (SSSR count). The van der Waals surface area contributed by atoms with Gasteiger partial charge in [-0.05, 0) is 29.9 Å². The fourth-order valence-corrected chi connectivity index (χ4v) is 3.87. The maximum atomic E-state index is 12.8. The predicted octanol–water partition coefficient (Wildman–Crippen LogP) is 3.06. The molecule has 1 amide bonds. The Bertz CT molecular complexity index is 837. The van der Waals surface area contributed by atoms with Gasteiger partial charge in [-0.15, -0.1) is 5.10 Å². The topological polar surface area (TPSA) is 73.8 Å². The average molecular weight is 389 g/mol. The lowest BCUT2D eigenvalue weighted by Crippen LogP contribution is -2.34. The zero-order valence-corrected chi connectivity index (χ0v) is 16.8. The summed E-state index contributed by atoms with van der Waals surface area (Å²) < 4.78 is 20.3. The van der Waals surface area contributed by atoms with Crippen LogP contribution in [0.2, 0.25) is 0 Å². The van der Waals surface area contributed by atoms with Gasteiger partial charge in [-0.2, -0.15) is 0 Å². The van der Waals surface area contributed by atoms with Crippen molar-refractivity contribution in [2.75, 3.05) is 34.4 Å². The van der Waals surface area contributed by atoms with Gasteiger partial charge in [0.05, 0.1) is 32.6 Å². The van der Waals surface area contributed by atoms with Gasteiger partial charge in [0, 0.05) is 25.2 Å². The molecule has 0 aliphatic carbocycles. The number of methoxy groups -OCH3 is 3. The average Bonchev–Trinajstić information content (AvgIpc) is 3.21. The van der Waals surface area contributed by atoms with Crippen molar-refractivity contribution in [1.29, 1.82) is 0 Å². The minimum atomic E-state index is -0.00851. The summed E-state index contributed by atoms with van der Waals surface area (Å²) >= 11 is 1.16. The van der Waals surface area contributed by atoms with E-state index in [0.29, 0.717) is 48.1 Å². The highest BCUT2D eigenvalue weighted by atomic mass is 32.1. The molecule has 0 fully saturated rings. The summed E-state index contributed by atoms with van der Waals surface area (Å²) in [6.07, 6.45) is 3.46. The number of carbonyl (C=O) groups excluding carboxylic acids is 1. The molecule has 2 aromatic rings. The van der Waals surface area contributed by atoms with Crippen molar-refractivity contribution in [2.24, 2.45) is 0 Å². The molecule has 0 unspecified atom stereocenters. The van der Waals surface area contributed by atoms with Crippen molar-refractivity contribution in [3.63, 3.8) is 0 Å². The molecule has 0 atom stereocenters. The van der Waals surface area contributed by atoms with Gasteiger partial charge in [-0.25, -0.2) is 0 Å². The van der Waals surface area contributed by atoms with Gasteiger partial charge < -0.3 is 19.1 Å². The third-order valence-electron chi connectivity index (χ3n) is 4.62. The molecule has 0 N–H and O–H groups in total. The molecular weight excluding hydrogens is 366 g/mol. The second-order valence-corrected chi connectivity index (χ2v) is 6.79. The third-order valence-corrected chi connectivity index (χ3v) is 5.37. The van der Waals surface area contributed by atoms with Gasteiger partial charge in [-0.1, -0.05) is 17.5 Å². The predicted molar refractivity (Wildman–Crippen MR) is 104 cm³/mol. The van der Waals surface area contributed by atoms with E-state index in [1.54, 1.807) is 21.3 Å². The van der Waals surface area contributed by atoms with Gasteiger partial charge in [0.1, 0.15) is 22.1 Å². The molecular formula is C19H23N3O4S. The highest BCUT2D eigenvalue weighted by Gasteiger charge is 2.26. The zero-order valence-electron chi connectivity index (χ0n) is 15.9. The molecule has 1 aromatic heterocycles. The summed E-state index contributed by atoms with van der Waals surface area (Å²) in [7, 11) is 4.86. The van der Waals surface area contributed by atoms with Gasteiger partial charge >= 0.3 is 0 Å². The van der Waals surface area contributed by atoms with E-state index in [9.17, 15) is 4.79 Å². The van der Waals surface area contributed by atoms with E-state index in [4.69, 9.17) is 14.2 Å². The van der Waals surface area contributed by atoms with Gasteiger partial charge in [0.15, 0.2) is 0 Å². The number of carbonyl (C=O) groups is 1. The van der Waals surface area contributed by atoms with E-state index in [-0.39, 0.29) is 5.91 Å². The van der Waals surface area contributed by atoms with Crippen LogP contribution in [0, 0.1) is 0 Å². The zero-order chi connectivity index (χ0) is 19.4. The van der Waals surface area contributed by atoms with Gasteiger partial charge in [0.2, 0.25) is 0 Å². The fourth-order valence-electron chi connectivity index (χ4n) is 3.15. The molecule has 1 aromatic carbocycles. The van der Waals surface area contributed by atoms with Gasteiger partial charge in [-0.3, -0.25) is 4.79 Å². The van der Waals surface area contributed by atoms with Crippen LogP contribution in [-0.4, -0.2) is 54.8 Å². The van der Waals surface area contributed by atoms with Crippen molar-refractivity contribution in [1.82, 2.24) is 14.5 Å². The van der Waals surface area contributed by atoms with Crippen molar-refractivity contribution in [3.8, 4) is 17.2 Å². The van der Waals surface area contributed by atoms with E-state index >= 15 is 0 Å². The number of amides is 1. The van der Waals surface area contributed by atoms with Crippen LogP contribution in [-0.2, 0) is 6.42 Å². The maximum Gasteiger partial charge on any atom is 0.267 e. The van der Waals surface area contributed by atoms with Crippen LogP contribution in [0.5, 0.6) is 17.2 Å². The first-order valence-corrected chi connectivity index (χ1v) is 9.50. The Morgan fingerprint density at radius 3 is 2.41 bits per heavy atom. The summed E-state index contributed by atoms with van der Waals surface area (Å²) in [5.41, 5.74) is 2.76. The molecule has 27 heavy (non-hydrogen) atoms. The van der Waals surface area contributed by atoms with E-state index in [0.717, 1.165) is 28.4 Å². The number of rotatable bonds is 6. The Kier molecular flexibility index (Phi) is 5.95. The molecule has 0 spiro atoms. The lowest BCUT2D eigenvalue weighted by atomic mass is 9.97. The van der Waals surface area contributed by atoms with Gasteiger partial charge in [0.25, 0.3) is 5.91 Å². The summed E-state index contributed by atoms with van der Waals surface area (Å²) in [6, 6.07) is 3.68. The lowest BCUT2D eigenvalue weighted by Gasteiger charge is -2.27. The molecule has 0 radical (unpaired) electrons. The summed E-state index contributed by atoms with van der Waals surface area (Å²) in [5, 5.41) is 4.04. The van der Waals surface area contributed by atoms with Crippen molar-refractivity contribution >= 4 is 23.0 Å². The Labute approximate surface area is 162 Å². The van der Waals surface area contributed by atoms with E-state index in [1.165, 1.54) is 0 Å². The highest BCUT2D eigenvalue weighted by Crippen LogP contribution is 2.41. The summed E-state index contributed by atoms with van der Waals surface area (Å²) in [4.78, 5) is 15.2. The van der Waals surface area contributed by atoms with Crippen molar-refractivity contribution < 1.29 is 19.0 Å². The van der Waals surface area contributed by atoms with E-state index < -0.39 is 0 Å². The number of aryl methyl sites for hydroxylation is 1. The minimum absolute atomic E-state index is 0.00851. The lowest BCUT2D eigenvalue weighted by molar-refractivity contribution is 0.0776. The molecule has 8 heteroatoms. The van der Waals surface area contributed by atoms with Crippen LogP contribution in [0.3, 0.4) is 0 Å². The summed E-state index contributed by atoms with van der Waals surface area (Å²) in [6.45, 7) is 3.11. The molecule has 2 heterocycles. The second kappa shape index (κ2) is 8.39. The normalized spacial score (nSPS) is 13.9. The van der Waals surface area contributed by atoms with Crippen LogP contribution in [0.4, 0.5) is 0 Å². The first-order valence-electron chi connectivity index (χ1n) is 8.72. The van der Waals surface area contributed by atoms with E-state index in [1.807, 2.05) is 30.0 Å². The Morgan fingerprint density at radius 2 is 1.89 bits per heavy atom. The van der Waals surface area contributed by atoms with Crippen molar-refractivity contribution in [3.05, 3.63) is 34.3 Å². The molecule has 7 nitrogen and oxygen atoms in total. The number of hydrogen-bond acceptors (Lipinski definition) is 7. The number of nitrogens with zero attached hydrogens (tertiary/aromatic N) is 3. The van der Waals surface area contributed by atoms with Crippen LogP contribution >= 0.6 is 11.5 Å². The van der Waals surface area contributed by atoms with E-state index in [2.05, 4.69) is 9.59 Å². The number of ether oxygens (including phenoxy) is 3. The van der Waals surface area contributed by atoms with Crippen molar-refractivity contribution in [2.45, 2.75) is 19.8 Å². The fraction of sp³-hybridized carbons (Fsp3) is 0.421. The first-order chi connectivity index (χ1) is 13.1. The highest BCUT2D eigenvalue weighted by molar-refractivity contribution is 7.08. The molecule has 0 saturated carbocycles. The SMILES string of the molecule is CCc1nnsc1C(=O)N1CC=C(c2c(OC)cc(OC)cc2OC)CC1. The quantitative estimate of drug-likeness (QED) is 0.756. The smallest absolute Gasteiger partial charge is 0.267 e. The minimum Gasteiger partial charge on any atom is -0.496 e. The molecule has 1 aliphatic rings. The van der Waals surface area contributed by atoms with Crippen LogP contribution in [0.25, 0.3) is 5.57 Å². The Balaban J connectivity index is 1.86.